The van der Waals surface area contributed by atoms with E-state index in [4.69, 9.17) is 5.14 Å². The second kappa shape index (κ2) is 4.64. The molecular formula is C16H20N2O4S. The SMILES string of the molecule is CC1(C)[C@@H]2CC[C@]1(C)C(=O)N(c1ccc(S(N)(=O)=O)cc1)C2=O. The summed E-state index contributed by atoms with van der Waals surface area (Å²) in [6, 6.07) is 5.54. The van der Waals surface area contributed by atoms with Crippen molar-refractivity contribution in [1.29, 1.82) is 0 Å². The van der Waals surface area contributed by atoms with Crippen LogP contribution in [0.5, 0.6) is 0 Å². The summed E-state index contributed by atoms with van der Waals surface area (Å²) in [6.45, 7) is 5.86. The molecule has 2 fully saturated rings. The monoisotopic (exact) mass is 336 g/mol. The average Bonchev–Trinajstić information content (AvgIpc) is 2.63. The van der Waals surface area contributed by atoms with E-state index in [2.05, 4.69) is 0 Å². The Bertz CT molecular complexity index is 798. The minimum absolute atomic E-state index is 0.0485. The number of fused-ring (bicyclic) bond motifs is 2. The van der Waals surface area contributed by atoms with Crippen LogP contribution in [0.1, 0.15) is 33.6 Å². The topological polar surface area (TPSA) is 97.5 Å². The Labute approximate surface area is 135 Å². The number of benzene rings is 1. The lowest BCUT2D eigenvalue weighted by molar-refractivity contribution is -0.146. The summed E-state index contributed by atoms with van der Waals surface area (Å²) in [5.74, 6) is -0.633. The van der Waals surface area contributed by atoms with E-state index in [0.717, 1.165) is 0 Å². The number of sulfonamides is 1. The molecule has 1 aliphatic carbocycles. The van der Waals surface area contributed by atoms with Crippen molar-refractivity contribution in [1.82, 2.24) is 0 Å². The lowest BCUT2D eigenvalue weighted by atomic mass is 9.62. The van der Waals surface area contributed by atoms with E-state index >= 15 is 0 Å². The first kappa shape index (κ1) is 16.1. The minimum Gasteiger partial charge on any atom is -0.274 e. The van der Waals surface area contributed by atoms with E-state index < -0.39 is 15.4 Å². The van der Waals surface area contributed by atoms with Crippen LogP contribution in [0, 0.1) is 16.7 Å². The zero-order chi connectivity index (χ0) is 17.2. The van der Waals surface area contributed by atoms with Crippen molar-refractivity contribution in [3.63, 3.8) is 0 Å². The van der Waals surface area contributed by atoms with Gasteiger partial charge < -0.3 is 0 Å². The molecular weight excluding hydrogens is 316 g/mol. The molecule has 124 valence electrons. The zero-order valence-electron chi connectivity index (χ0n) is 13.4. The summed E-state index contributed by atoms with van der Waals surface area (Å²) in [6.07, 6.45) is 1.38. The van der Waals surface area contributed by atoms with E-state index in [-0.39, 0.29) is 28.0 Å². The van der Waals surface area contributed by atoms with Crippen LogP contribution in [0.3, 0.4) is 0 Å². The summed E-state index contributed by atoms with van der Waals surface area (Å²) < 4.78 is 22.7. The van der Waals surface area contributed by atoms with Crippen molar-refractivity contribution in [2.24, 2.45) is 21.9 Å². The zero-order valence-corrected chi connectivity index (χ0v) is 14.2. The average molecular weight is 336 g/mol. The highest BCUT2D eigenvalue weighted by Crippen LogP contribution is 2.60. The summed E-state index contributed by atoms with van der Waals surface area (Å²) in [5.41, 5.74) is -0.580. The molecule has 2 atom stereocenters. The maximum Gasteiger partial charge on any atom is 0.240 e. The van der Waals surface area contributed by atoms with Gasteiger partial charge in [-0.3, -0.25) is 9.59 Å². The fraction of sp³-hybridized carbons (Fsp3) is 0.500. The smallest absolute Gasteiger partial charge is 0.240 e. The van der Waals surface area contributed by atoms with Gasteiger partial charge in [-0.05, 0) is 42.5 Å². The van der Waals surface area contributed by atoms with Gasteiger partial charge in [-0.2, -0.15) is 0 Å². The second-order valence-electron chi connectivity index (χ2n) is 7.16. The van der Waals surface area contributed by atoms with Crippen LogP contribution in [0.15, 0.2) is 29.2 Å². The molecule has 7 heteroatoms. The van der Waals surface area contributed by atoms with Crippen LogP contribution in [-0.4, -0.2) is 20.2 Å². The Morgan fingerprint density at radius 2 is 1.70 bits per heavy atom. The predicted molar refractivity (Wildman–Crippen MR) is 84.9 cm³/mol. The summed E-state index contributed by atoms with van der Waals surface area (Å²) >= 11 is 0. The first-order valence-corrected chi connectivity index (χ1v) is 9.06. The maximum atomic E-state index is 13.0. The van der Waals surface area contributed by atoms with Gasteiger partial charge in [0.15, 0.2) is 0 Å². The normalized spacial score (nSPS) is 29.9. The summed E-state index contributed by atoms with van der Waals surface area (Å²) in [4.78, 5) is 26.9. The van der Waals surface area contributed by atoms with Gasteiger partial charge in [0.05, 0.1) is 16.0 Å². The molecule has 1 aromatic carbocycles. The van der Waals surface area contributed by atoms with Crippen LogP contribution in [0.25, 0.3) is 0 Å². The van der Waals surface area contributed by atoms with Crippen molar-refractivity contribution in [2.75, 3.05) is 4.90 Å². The number of hydrogen-bond donors (Lipinski definition) is 1. The molecule has 2 bridgehead atoms. The molecule has 1 saturated carbocycles. The van der Waals surface area contributed by atoms with Crippen LogP contribution >= 0.6 is 0 Å². The van der Waals surface area contributed by atoms with Crippen LogP contribution in [0.2, 0.25) is 0 Å². The molecule has 2 amide bonds. The molecule has 6 nitrogen and oxygen atoms in total. The van der Waals surface area contributed by atoms with Crippen LogP contribution in [-0.2, 0) is 19.6 Å². The third-order valence-corrected chi connectivity index (χ3v) is 6.77. The lowest BCUT2D eigenvalue weighted by Gasteiger charge is -2.47. The van der Waals surface area contributed by atoms with Gasteiger partial charge in [0.25, 0.3) is 0 Å². The number of carbonyl (C=O) groups is 2. The second-order valence-corrected chi connectivity index (χ2v) is 8.72. The highest BCUT2D eigenvalue weighted by atomic mass is 32.2. The quantitative estimate of drug-likeness (QED) is 0.830. The highest BCUT2D eigenvalue weighted by Gasteiger charge is 2.64. The Kier molecular flexibility index (Phi) is 3.26. The highest BCUT2D eigenvalue weighted by molar-refractivity contribution is 7.89. The van der Waals surface area contributed by atoms with E-state index in [1.165, 1.54) is 29.2 Å². The number of anilines is 1. The maximum absolute atomic E-state index is 13.0. The van der Waals surface area contributed by atoms with Gasteiger partial charge in [0.2, 0.25) is 21.8 Å². The van der Waals surface area contributed by atoms with Crippen molar-refractivity contribution < 1.29 is 18.0 Å². The molecule has 0 spiro atoms. The van der Waals surface area contributed by atoms with E-state index in [1.807, 2.05) is 20.8 Å². The Balaban J connectivity index is 2.05. The van der Waals surface area contributed by atoms with Gasteiger partial charge in [-0.25, -0.2) is 18.5 Å². The van der Waals surface area contributed by atoms with Crippen molar-refractivity contribution in [2.45, 2.75) is 38.5 Å². The first-order chi connectivity index (χ1) is 10.5. The van der Waals surface area contributed by atoms with E-state index in [9.17, 15) is 18.0 Å². The molecule has 3 rings (SSSR count). The third kappa shape index (κ3) is 2.06. The number of imide groups is 1. The molecule has 0 radical (unpaired) electrons. The van der Waals surface area contributed by atoms with Gasteiger partial charge >= 0.3 is 0 Å². The fourth-order valence-corrected chi connectivity index (χ4v) is 4.36. The third-order valence-electron chi connectivity index (χ3n) is 5.84. The summed E-state index contributed by atoms with van der Waals surface area (Å²) in [7, 11) is -3.81. The van der Waals surface area contributed by atoms with Gasteiger partial charge in [-0.15, -0.1) is 0 Å². The largest absolute Gasteiger partial charge is 0.274 e. The Morgan fingerprint density at radius 3 is 2.22 bits per heavy atom. The molecule has 2 N–H and O–H groups in total. The predicted octanol–water partition coefficient (Wildman–Crippen LogP) is 1.65. The minimum atomic E-state index is -3.81. The van der Waals surface area contributed by atoms with Crippen molar-refractivity contribution >= 4 is 27.5 Å². The molecule has 23 heavy (non-hydrogen) atoms. The number of carbonyl (C=O) groups excluding carboxylic acids is 2. The number of rotatable bonds is 2. The molecule has 1 saturated heterocycles. The first-order valence-electron chi connectivity index (χ1n) is 7.51. The van der Waals surface area contributed by atoms with Crippen molar-refractivity contribution in [3.05, 3.63) is 24.3 Å². The lowest BCUT2D eigenvalue weighted by Crippen LogP contribution is -2.59. The number of piperidine rings is 1. The van der Waals surface area contributed by atoms with Crippen LogP contribution in [0.4, 0.5) is 5.69 Å². The molecule has 0 aromatic heterocycles. The Hall–Kier alpha value is -1.73. The molecule has 0 unspecified atom stereocenters. The molecule has 1 heterocycles. The van der Waals surface area contributed by atoms with E-state index in [1.54, 1.807) is 0 Å². The van der Waals surface area contributed by atoms with Crippen LogP contribution < -0.4 is 10.0 Å². The number of hydrogen-bond acceptors (Lipinski definition) is 4. The number of nitrogens with two attached hydrogens (primary N) is 1. The standard InChI is InChI=1S/C16H20N2O4S/c1-15(2)12-8-9-16(15,3)14(20)18(13(12)19)10-4-6-11(7-5-10)23(17,21)22/h4-7,12H,8-9H2,1-3H3,(H2,17,21,22)/t12-,16-/m1/s1. The number of amides is 2. The van der Waals surface area contributed by atoms with Crippen molar-refractivity contribution in [3.8, 4) is 0 Å². The van der Waals surface area contributed by atoms with E-state index in [0.29, 0.717) is 18.5 Å². The van der Waals surface area contributed by atoms with Gasteiger partial charge in [-0.1, -0.05) is 20.8 Å². The summed E-state index contributed by atoms with van der Waals surface area (Å²) in [5, 5.41) is 5.08. The van der Waals surface area contributed by atoms with Gasteiger partial charge in [0.1, 0.15) is 0 Å². The number of primary sulfonamides is 1. The Morgan fingerprint density at radius 1 is 1.13 bits per heavy atom. The van der Waals surface area contributed by atoms with Gasteiger partial charge in [0, 0.05) is 5.92 Å². The molecule has 2 aliphatic rings. The molecule has 1 aliphatic heterocycles. The fourth-order valence-electron chi connectivity index (χ4n) is 3.85. The number of nitrogens with zero attached hydrogens (tertiary/aromatic N) is 1. The molecule has 1 aromatic rings.